The average Bonchev–Trinajstić information content (AvgIpc) is 2.04. The first-order valence-corrected chi connectivity index (χ1v) is 4.39. The first-order chi connectivity index (χ1) is 5.77. The largest absolute Gasteiger partial charge is 0.311 e. The van der Waals surface area contributed by atoms with Crippen LogP contribution < -0.4 is 10.9 Å². The van der Waals surface area contributed by atoms with Crippen LogP contribution in [0.15, 0.2) is 18.2 Å². The normalized spacial score (nSPS) is 16.0. The highest BCUT2D eigenvalue weighted by Crippen LogP contribution is 2.25. The molecule has 2 nitrogen and oxygen atoms in total. The van der Waals surface area contributed by atoms with Crippen molar-refractivity contribution in [2.45, 2.75) is 19.8 Å². The van der Waals surface area contributed by atoms with Gasteiger partial charge in [0.15, 0.2) is 0 Å². The fourth-order valence-electron chi connectivity index (χ4n) is 1.76. The number of nitrogens with two attached hydrogens (primary N) is 1. The number of aryl methyl sites for hydroxylation is 2. The molecule has 2 N–H and O–H groups in total. The first kappa shape index (κ1) is 7.62. The minimum Gasteiger partial charge on any atom is -0.311 e. The van der Waals surface area contributed by atoms with Crippen molar-refractivity contribution in [2.24, 2.45) is 5.84 Å². The van der Waals surface area contributed by atoms with E-state index in [9.17, 15) is 0 Å². The van der Waals surface area contributed by atoms with Crippen LogP contribution in [0.5, 0.6) is 0 Å². The molecular weight excluding hydrogens is 148 g/mol. The van der Waals surface area contributed by atoms with Crippen LogP contribution in [0.3, 0.4) is 0 Å². The summed E-state index contributed by atoms with van der Waals surface area (Å²) in [6.45, 7) is 3.10. The number of hydrogen-bond donors (Lipinski definition) is 1. The van der Waals surface area contributed by atoms with E-state index in [0.29, 0.717) is 0 Å². The number of anilines is 1. The standard InChI is InChI=1S/C10H14N2/c1-8-4-5-10-9(7-8)3-2-6-12(10)11/h4-5,7H,2-3,6,11H2,1H3. The van der Waals surface area contributed by atoms with Gasteiger partial charge in [0, 0.05) is 6.54 Å². The number of benzene rings is 1. The van der Waals surface area contributed by atoms with Crippen LogP contribution in [0.1, 0.15) is 17.5 Å². The third-order valence-electron chi connectivity index (χ3n) is 2.39. The summed E-state index contributed by atoms with van der Waals surface area (Å²) >= 11 is 0. The fourth-order valence-corrected chi connectivity index (χ4v) is 1.76. The van der Waals surface area contributed by atoms with Crippen LogP contribution in [0.4, 0.5) is 5.69 Å². The predicted molar refractivity (Wildman–Crippen MR) is 51.0 cm³/mol. The van der Waals surface area contributed by atoms with E-state index in [1.807, 2.05) is 5.01 Å². The molecule has 0 amide bonds. The zero-order valence-electron chi connectivity index (χ0n) is 7.38. The molecule has 0 radical (unpaired) electrons. The lowest BCUT2D eigenvalue weighted by atomic mass is 10.0. The minimum atomic E-state index is 0.982. The maximum atomic E-state index is 5.83. The molecule has 1 heterocycles. The lowest BCUT2D eigenvalue weighted by Gasteiger charge is -2.26. The Kier molecular flexibility index (Phi) is 1.77. The van der Waals surface area contributed by atoms with Crippen LogP contribution in [-0.4, -0.2) is 6.54 Å². The molecule has 0 bridgehead atoms. The third kappa shape index (κ3) is 1.18. The maximum Gasteiger partial charge on any atom is 0.0549 e. The van der Waals surface area contributed by atoms with Gasteiger partial charge in [0.25, 0.3) is 0 Å². The Morgan fingerprint density at radius 1 is 1.42 bits per heavy atom. The second kappa shape index (κ2) is 2.79. The van der Waals surface area contributed by atoms with Crippen molar-refractivity contribution in [3.63, 3.8) is 0 Å². The van der Waals surface area contributed by atoms with Crippen LogP contribution in [0.2, 0.25) is 0 Å². The van der Waals surface area contributed by atoms with Crippen molar-refractivity contribution in [3.8, 4) is 0 Å². The number of nitrogens with zero attached hydrogens (tertiary/aromatic N) is 1. The highest BCUT2D eigenvalue weighted by molar-refractivity contribution is 5.55. The van der Waals surface area contributed by atoms with Gasteiger partial charge in [-0.3, -0.25) is 0 Å². The molecule has 1 aliphatic rings. The van der Waals surface area contributed by atoms with Gasteiger partial charge in [-0.2, -0.15) is 0 Å². The maximum absolute atomic E-state index is 5.83. The summed E-state index contributed by atoms with van der Waals surface area (Å²) in [5, 5.41) is 1.85. The Morgan fingerprint density at radius 3 is 3.08 bits per heavy atom. The second-order valence-corrected chi connectivity index (χ2v) is 3.43. The van der Waals surface area contributed by atoms with E-state index < -0.39 is 0 Å². The average molecular weight is 162 g/mol. The van der Waals surface area contributed by atoms with Gasteiger partial charge in [-0.05, 0) is 31.4 Å². The molecule has 1 aromatic rings. The highest BCUT2D eigenvalue weighted by atomic mass is 15.4. The zero-order valence-corrected chi connectivity index (χ0v) is 7.38. The van der Waals surface area contributed by atoms with E-state index in [2.05, 4.69) is 25.1 Å². The molecule has 0 spiro atoms. The summed E-state index contributed by atoms with van der Waals surface area (Å²) in [6.07, 6.45) is 2.34. The third-order valence-corrected chi connectivity index (χ3v) is 2.39. The molecule has 1 aliphatic heterocycles. The van der Waals surface area contributed by atoms with Gasteiger partial charge >= 0.3 is 0 Å². The number of rotatable bonds is 0. The monoisotopic (exact) mass is 162 g/mol. The van der Waals surface area contributed by atoms with Gasteiger partial charge in [0.2, 0.25) is 0 Å². The van der Waals surface area contributed by atoms with Crippen LogP contribution in [0, 0.1) is 6.92 Å². The second-order valence-electron chi connectivity index (χ2n) is 3.43. The van der Waals surface area contributed by atoms with E-state index in [1.165, 1.54) is 29.7 Å². The van der Waals surface area contributed by atoms with E-state index >= 15 is 0 Å². The van der Waals surface area contributed by atoms with Crippen molar-refractivity contribution in [3.05, 3.63) is 29.3 Å². The van der Waals surface area contributed by atoms with Gasteiger partial charge in [0.05, 0.1) is 5.69 Å². The number of fused-ring (bicyclic) bond motifs is 1. The zero-order chi connectivity index (χ0) is 8.55. The molecule has 0 aliphatic carbocycles. The molecule has 1 aromatic carbocycles. The van der Waals surface area contributed by atoms with Crippen molar-refractivity contribution < 1.29 is 0 Å². The van der Waals surface area contributed by atoms with Crippen molar-refractivity contribution >= 4 is 5.69 Å². The fraction of sp³-hybridized carbons (Fsp3) is 0.400. The molecule has 12 heavy (non-hydrogen) atoms. The number of hydrazine groups is 1. The highest BCUT2D eigenvalue weighted by Gasteiger charge is 2.12. The van der Waals surface area contributed by atoms with E-state index in [0.717, 1.165) is 6.54 Å². The lowest BCUT2D eigenvalue weighted by Crippen LogP contribution is -2.35. The SMILES string of the molecule is Cc1ccc2c(c1)CCCN2N. The van der Waals surface area contributed by atoms with Gasteiger partial charge in [-0.25, -0.2) is 5.84 Å². The quantitative estimate of drug-likeness (QED) is 0.587. The van der Waals surface area contributed by atoms with Crippen LogP contribution in [-0.2, 0) is 6.42 Å². The van der Waals surface area contributed by atoms with Crippen LogP contribution >= 0.6 is 0 Å². The summed E-state index contributed by atoms with van der Waals surface area (Å²) in [4.78, 5) is 0. The lowest BCUT2D eigenvalue weighted by molar-refractivity contribution is 0.713. The summed E-state index contributed by atoms with van der Waals surface area (Å²) in [7, 11) is 0. The van der Waals surface area contributed by atoms with Crippen molar-refractivity contribution in [2.75, 3.05) is 11.6 Å². The Morgan fingerprint density at radius 2 is 2.25 bits per heavy atom. The molecule has 0 saturated carbocycles. The minimum absolute atomic E-state index is 0.982. The summed E-state index contributed by atoms with van der Waals surface area (Å²) < 4.78 is 0. The molecule has 2 heteroatoms. The molecule has 0 atom stereocenters. The van der Waals surface area contributed by atoms with Gasteiger partial charge in [-0.1, -0.05) is 17.7 Å². The van der Waals surface area contributed by atoms with E-state index in [1.54, 1.807) is 0 Å². The molecule has 0 fully saturated rings. The summed E-state index contributed by atoms with van der Waals surface area (Å²) in [5.74, 6) is 5.83. The van der Waals surface area contributed by atoms with Gasteiger partial charge < -0.3 is 5.01 Å². The molecule has 2 rings (SSSR count). The predicted octanol–water partition coefficient (Wildman–Crippen LogP) is 1.62. The molecule has 0 unspecified atom stereocenters. The van der Waals surface area contributed by atoms with Crippen molar-refractivity contribution in [1.29, 1.82) is 0 Å². The Bertz CT molecular complexity index is 294. The van der Waals surface area contributed by atoms with E-state index in [-0.39, 0.29) is 0 Å². The molecular formula is C10H14N2. The Balaban J connectivity index is 2.46. The van der Waals surface area contributed by atoms with Gasteiger partial charge in [-0.15, -0.1) is 0 Å². The summed E-state index contributed by atoms with van der Waals surface area (Å²) in [6, 6.07) is 6.46. The van der Waals surface area contributed by atoms with Crippen LogP contribution in [0.25, 0.3) is 0 Å². The molecule has 64 valence electrons. The molecule has 0 saturated heterocycles. The summed E-state index contributed by atoms with van der Waals surface area (Å²) in [5.41, 5.74) is 3.92. The Labute approximate surface area is 73.0 Å². The smallest absolute Gasteiger partial charge is 0.0549 e. The van der Waals surface area contributed by atoms with Crippen molar-refractivity contribution in [1.82, 2.24) is 0 Å². The van der Waals surface area contributed by atoms with E-state index in [4.69, 9.17) is 5.84 Å². The van der Waals surface area contributed by atoms with Gasteiger partial charge in [0.1, 0.15) is 0 Å². The first-order valence-electron chi connectivity index (χ1n) is 4.39. The molecule has 0 aromatic heterocycles. The topological polar surface area (TPSA) is 29.3 Å². The Hall–Kier alpha value is -1.02. The number of hydrogen-bond acceptors (Lipinski definition) is 2.